The maximum atomic E-state index is 12.9. The van der Waals surface area contributed by atoms with Gasteiger partial charge in [0, 0.05) is 17.3 Å². The number of amides is 1. The lowest BCUT2D eigenvalue weighted by molar-refractivity contribution is -0.112. The smallest absolute Gasteiger partial charge is 0.336 e. The van der Waals surface area contributed by atoms with Crippen molar-refractivity contribution < 1.29 is 23.5 Å². The molecule has 0 radical (unpaired) electrons. The first-order valence-corrected chi connectivity index (χ1v) is 8.09. The Morgan fingerprint density at radius 1 is 1.07 bits per heavy atom. The molecule has 0 bridgehead atoms. The van der Waals surface area contributed by atoms with Crippen molar-refractivity contribution in [1.82, 2.24) is 0 Å². The Morgan fingerprint density at radius 2 is 1.79 bits per heavy atom. The lowest BCUT2D eigenvalue weighted by Gasteiger charge is -2.04. The van der Waals surface area contributed by atoms with Gasteiger partial charge in [0.05, 0.1) is 5.56 Å². The largest absolute Gasteiger partial charge is 0.478 e. The van der Waals surface area contributed by atoms with E-state index < -0.39 is 17.7 Å². The van der Waals surface area contributed by atoms with Crippen LogP contribution >= 0.6 is 0 Å². The molecular weight excluding hydrogens is 363 g/mol. The van der Waals surface area contributed by atoms with Gasteiger partial charge < -0.3 is 14.8 Å². The van der Waals surface area contributed by atoms with E-state index in [9.17, 15) is 24.3 Å². The summed E-state index contributed by atoms with van der Waals surface area (Å²) in [5.74, 6) is -1.72. The third-order valence-electron chi connectivity index (χ3n) is 3.80. The Morgan fingerprint density at radius 3 is 2.46 bits per heavy atom. The number of carboxylic acid groups (broad SMARTS) is 1. The first-order valence-electron chi connectivity index (χ1n) is 8.09. The topological polar surface area (TPSA) is 103 Å². The normalized spacial score (nSPS) is 10.9. The van der Waals surface area contributed by atoms with Crippen LogP contribution in [0.3, 0.4) is 0 Å². The van der Waals surface area contributed by atoms with Crippen LogP contribution in [0.1, 0.15) is 16.1 Å². The second kappa shape index (κ2) is 8.01. The van der Waals surface area contributed by atoms with Crippen molar-refractivity contribution in [2.24, 2.45) is 0 Å². The molecule has 28 heavy (non-hydrogen) atoms. The van der Waals surface area contributed by atoms with Crippen molar-refractivity contribution in [3.8, 4) is 17.4 Å². The minimum absolute atomic E-state index is 0.0712. The quantitative estimate of drug-likeness (QED) is 0.510. The maximum Gasteiger partial charge on any atom is 0.336 e. The summed E-state index contributed by atoms with van der Waals surface area (Å²) in [7, 11) is 0. The highest BCUT2D eigenvalue weighted by Crippen LogP contribution is 2.27. The third kappa shape index (κ3) is 4.14. The molecule has 0 unspecified atom stereocenters. The van der Waals surface area contributed by atoms with Gasteiger partial charge in [-0.3, -0.25) is 4.79 Å². The molecule has 7 heteroatoms. The van der Waals surface area contributed by atoms with Gasteiger partial charge in [-0.25, -0.2) is 9.18 Å². The van der Waals surface area contributed by atoms with Gasteiger partial charge >= 0.3 is 5.97 Å². The zero-order valence-electron chi connectivity index (χ0n) is 14.3. The molecule has 0 aliphatic carbocycles. The fraction of sp³-hybridized carbons (Fsp3) is 0. The number of carbonyl (C=O) groups is 2. The summed E-state index contributed by atoms with van der Waals surface area (Å²) in [6.07, 6.45) is 1.24. The van der Waals surface area contributed by atoms with Crippen molar-refractivity contribution in [1.29, 1.82) is 5.26 Å². The molecule has 0 fully saturated rings. The van der Waals surface area contributed by atoms with E-state index in [-0.39, 0.29) is 16.9 Å². The predicted molar refractivity (Wildman–Crippen MR) is 99.7 cm³/mol. The van der Waals surface area contributed by atoms with Crippen LogP contribution in [-0.4, -0.2) is 17.0 Å². The fourth-order valence-electron chi connectivity index (χ4n) is 2.48. The number of nitrogens with one attached hydrogen (secondary N) is 1. The number of carboxylic acids is 1. The van der Waals surface area contributed by atoms with Gasteiger partial charge in [-0.15, -0.1) is 0 Å². The molecule has 6 nitrogen and oxygen atoms in total. The van der Waals surface area contributed by atoms with Gasteiger partial charge in [0.25, 0.3) is 5.91 Å². The number of nitrogens with zero attached hydrogens (tertiary/aromatic N) is 1. The Balaban J connectivity index is 1.85. The summed E-state index contributed by atoms with van der Waals surface area (Å²) in [6, 6.07) is 16.3. The number of hydrogen-bond acceptors (Lipinski definition) is 4. The summed E-state index contributed by atoms with van der Waals surface area (Å²) >= 11 is 0. The van der Waals surface area contributed by atoms with E-state index in [1.807, 2.05) is 0 Å². The van der Waals surface area contributed by atoms with Crippen molar-refractivity contribution in [2.45, 2.75) is 0 Å². The fourth-order valence-corrected chi connectivity index (χ4v) is 2.48. The predicted octanol–water partition coefficient (Wildman–Crippen LogP) is 4.33. The standard InChI is InChI=1S/C21H13FN2O4/c22-14-5-7-15(8-6-14)24-20(25)13(12-23)11-16-9-10-19(28-16)17-3-1-2-4-18(17)21(26)27/h1-11H,(H,24,25)(H,26,27). The monoisotopic (exact) mass is 376 g/mol. The van der Waals surface area contributed by atoms with Crippen LogP contribution < -0.4 is 5.32 Å². The number of rotatable bonds is 5. The second-order valence-corrected chi connectivity index (χ2v) is 5.68. The van der Waals surface area contributed by atoms with Crippen LogP contribution in [0.2, 0.25) is 0 Å². The zero-order chi connectivity index (χ0) is 20.1. The van der Waals surface area contributed by atoms with E-state index in [2.05, 4.69) is 5.32 Å². The van der Waals surface area contributed by atoms with Crippen LogP contribution in [-0.2, 0) is 4.79 Å². The molecule has 0 spiro atoms. The number of furan rings is 1. The summed E-state index contributed by atoms with van der Waals surface area (Å²) in [5.41, 5.74) is 0.561. The minimum Gasteiger partial charge on any atom is -0.478 e. The Hall–Kier alpha value is -4.18. The van der Waals surface area contributed by atoms with E-state index in [0.717, 1.165) is 0 Å². The molecule has 0 saturated heterocycles. The first kappa shape index (κ1) is 18.6. The number of halogens is 1. The number of aromatic carboxylic acids is 1. The second-order valence-electron chi connectivity index (χ2n) is 5.68. The molecule has 0 aliphatic rings. The number of nitriles is 1. The molecular formula is C21H13FN2O4. The van der Waals surface area contributed by atoms with E-state index in [1.165, 1.54) is 42.5 Å². The average molecular weight is 376 g/mol. The summed E-state index contributed by atoms with van der Waals surface area (Å²) in [6.45, 7) is 0. The highest BCUT2D eigenvalue weighted by Gasteiger charge is 2.15. The summed E-state index contributed by atoms with van der Waals surface area (Å²) < 4.78 is 18.5. The van der Waals surface area contributed by atoms with Crippen LogP contribution in [0.4, 0.5) is 10.1 Å². The SMILES string of the molecule is N#CC(=Cc1ccc(-c2ccccc2C(=O)O)o1)C(=O)Nc1ccc(F)cc1. The van der Waals surface area contributed by atoms with E-state index >= 15 is 0 Å². The molecule has 0 aliphatic heterocycles. The highest BCUT2D eigenvalue weighted by atomic mass is 19.1. The molecule has 3 rings (SSSR count). The average Bonchev–Trinajstić information content (AvgIpc) is 3.16. The lowest BCUT2D eigenvalue weighted by Crippen LogP contribution is -2.13. The van der Waals surface area contributed by atoms with E-state index in [0.29, 0.717) is 17.0 Å². The van der Waals surface area contributed by atoms with E-state index in [4.69, 9.17) is 4.42 Å². The van der Waals surface area contributed by atoms with Gasteiger partial charge in [-0.2, -0.15) is 5.26 Å². The van der Waals surface area contributed by atoms with Crippen LogP contribution in [0, 0.1) is 17.1 Å². The number of benzene rings is 2. The van der Waals surface area contributed by atoms with Crippen molar-refractivity contribution in [2.75, 3.05) is 5.32 Å². The Labute approximate surface area is 159 Å². The molecule has 0 atom stereocenters. The Kier molecular flexibility index (Phi) is 5.33. The van der Waals surface area contributed by atoms with E-state index in [1.54, 1.807) is 30.3 Å². The van der Waals surface area contributed by atoms with Crippen molar-refractivity contribution in [3.63, 3.8) is 0 Å². The third-order valence-corrected chi connectivity index (χ3v) is 3.80. The van der Waals surface area contributed by atoms with Gasteiger partial charge in [0.2, 0.25) is 0 Å². The van der Waals surface area contributed by atoms with Gasteiger partial charge in [-0.05, 0) is 42.5 Å². The van der Waals surface area contributed by atoms with Crippen molar-refractivity contribution >= 4 is 23.6 Å². The van der Waals surface area contributed by atoms with Gasteiger partial charge in [-0.1, -0.05) is 18.2 Å². The van der Waals surface area contributed by atoms with Gasteiger partial charge in [0.15, 0.2) is 0 Å². The first-order chi connectivity index (χ1) is 13.5. The molecule has 1 aromatic heterocycles. The number of anilines is 1. The molecule has 1 heterocycles. The van der Waals surface area contributed by atoms with Crippen LogP contribution in [0.25, 0.3) is 17.4 Å². The van der Waals surface area contributed by atoms with Gasteiger partial charge in [0.1, 0.15) is 29.0 Å². The highest BCUT2D eigenvalue weighted by molar-refractivity contribution is 6.09. The maximum absolute atomic E-state index is 12.9. The number of carbonyl (C=O) groups excluding carboxylic acids is 1. The zero-order valence-corrected chi connectivity index (χ0v) is 14.3. The molecule has 138 valence electrons. The molecule has 1 amide bonds. The molecule has 3 aromatic rings. The Bertz CT molecular complexity index is 1110. The molecule has 0 saturated carbocycles. The summed E-state index contributed by atoms with van der Waals surface area (Å²) in [5, 5.41) is 21.0. The lowest BCUT2D eigenvalue weighted by atomic mass is 10.1. The molecule has 2 aromatic carbocycles. The summed E-state index contributed by atoms with van der Waals surface area (Å²) in [4.78, 5) is 23.6. The van der Waals surface area contributed by atoms with Crippen LogP contribution in [0.15, 0.2) is 70.7 Å². The van der Waals surface area contributed by atoms with Crippen molar-refractivity contribution in [3.05, 3.63) is 83.4 Å². The molecule has 2 N–H and O–H groups in total. The number of hydrogen-bond donors (Lipinski definition) is 2. The minimum atomic E-state index is -1.10. The van der Waals surface area contributed by atoms with Crippen LogP contribution in [0.5, 0.6) is 0 Å².